The van der Waals surface area contributed by atoms with Crippen LogP contribution in [0.25, 0.3) is 10.9 Å². The first-order chi connectivity index (χ1) is 18.8. The molecule has 1 aliphatic rings. The zero-order valence-electron chi connectivity index (χ0n) is 21.4. The van der Waals surface area contributed by atoms with Crippen molar-refractivity contribution in [3.8, 4) is 5.75 Å². The third-order valence-electron chi connectivity index (χ3n) is 6.39. The summed E-state index contributed by atoms with van der Waals surface area (Å²) in [5.74, 6) is -2.00. The van der Waals surface area contributed by atoms with Crippen LogP contribution in [0.15, 0.2) is 47.7 Å². The van der Waals surface area contributed by atoms with E-state index in [1.54, 1.807) is 12.1 Å². The summed E-state index contributed by atoms with van der Waals surface area (Å²) in [5.41, 5.74) is 0.626. The van der Waals surface area contributed by atoms with Crippen LogP contribution in [-0.2, 0) is 9.59 Å². The summed E-state index contributed by atoms with van der Waals surface area (Å²) in [5, 5.41) is 9.28. The molecule has 2 amide bonds. The fraction of sp³-hybridized carbons (Fsp3) is 0.333. The van der Waals surface area contributed by atoms with Gasteiger partial charge in [-0.25, -0.2) is 18.7 Å². The number of carbonyl (C=O) groups excluding carboxylic acids is 2. The van der Waals surface area contributed by atoms with Gasteiger partial charge in [-0.1, -0.05) is 13.5 Å². The molecule has 0 radical (unpaired) electrons. The van der Waals surface area contributed by atoms with Gasteiger partial charge >= 0.3 is 0 Å². The number of halogens is 3. The monoisotopic (exact) mass is 602 g/mol. The number of piperidine rings is 1. The average Bonchev–Trinajstić information content (AvgIpc) is 2.96. The smallest absolute Gasteiger partial charge is 0.247 e. The number of ether oxygens (including phenoxy) is 1. The zero-order valence-corrected chi connectivity index (χ0v) is 23.0. The van der Waals surface area contributed by atoms with Crippen molar-refractivity contribution in [1.82, 2.24) is 20.2 Å². The maximum Gasteiger partial charge on any atom is 0.247 e. The van der Waals surface area contributed by atoms with Gasteiger partial charge in [0.25, 0.3) is 0 Å². The predicted molar refractivity (Wildman–Crippen MR) is 149 cm³/mol. The maximum absolute atomic E-state index is 14.5. The van der Waals surface area contributed by atoms with Crippen LogP contribution in [0.3, 0.4) is 0 Å². The Balaban J connectivity index is 1.62. The number of rotatable bonds is 10. The molecule has 1 aromatic heterocycles. The van der Waals surface area contributed by atoms with Crippen LogP contribution in [-0.4, -0.2) is 59.0 Å². The van der Waals surface area contributed by atoms with E-state index in [2.05, 4.69) is 48.4 Å². The van der Waals surface area contributed by atoms with Crippen LogP contribution < -0.4 is 20.7 Å². The van der Waals surface area contributed by atoms with Gasteiger partial charge in [-0.15, -0.1) is 0 Å². The van der Waals surface area contributed by atoms with Crippen LogP contribution >= 0.6 is 15.9 Å². The van der Waals surface area contributed by atoms with E-state index < -0.39 is 17.5 Å². The van der Waals surface area contributed by atoms with E-state index in [0.717, 1.165) is 32.0 Å². The number of amides is 2. The molecule has 0 spiro atoms. The minimum Gasteiger partial charge on any atom is -0.489 e. The minimum absolute atomic E-state index is 0.00624. The van der Waals surface area contributed by atoms with E-state index in [4.69, 9.17) is 4.74 Å². The number of anilines is 3. The van der Waals surface area contributed by atoms with Crippen LogP contribution in [0.2, 0.25) is 0 Å². The van der Waals surface area contributed by atoms with Gasteiger partial charge in [-0.2, -0.15) is 0 Å². The first kappa shape index (κ1) is 28.4. The lowest BCUT2D eigenvalue weighted by Crippen LogP contribution is -2.49. The maximum atomic E-state index is 14.5. The highest BCUT2D eigenvalue weighted by Gasteiger charge is 2.24. The second kappa shape index (κ2) is 12.9. The van der Waals surface area contributed by atoms with E-state index in [-0.39, 0.29) is 34.5 Å². The number of aromatic nitrogens is 2. The molecule has 1 fully saturated rings. The van der Waals surface area contributed by atoms with Crippen LogP contribution in [0.1, 0.15) is 26.2 Å². The number of nitrogens with zero attached hydrogens (tertiary/aromatic N) is 3. The minimum atomic E-state index is -1.07. The molecular formula is C27H29BrF2N6O3. The Labute approximate surface area is 233 Å². The first-order valence-electron chi connectivity index (χ1n) is 12.6. The summed E-state index contributed by atoms with van der Waals surface area (Å²) in [4.78, 5) is 35.1. The van der Waals surface area contributed by atoms with Gasteiger partial charge in [0.1, 0.15) is 24.5 Å². The summed E-state index contributed by atoms with van der Waals surface area (Å²) >= 11 is 2.96. The molecule has 0 aliphatic carbocycles. The fourth-order valence-electron chi connectivity index (χ4n) is 4.40. The molecule has 3 N–H and O–H groups in total. The van der Waals surface area contributed by atoms with Crippen molar-refractivity contribution in [3.63, 3.8) is 0 Å². The summed E-state index contributed by atoms with van der Waals surface area (Å²) < 4.78 is 34.6. The van der Waals surface area contributed by atoms with Gasteiger partial charge in [0.05, 0.1) is 27.9 Å². The third kappa shape index (κ3) is 6.69. The van der Waals surface area contributed by atoms with Gasteiger partial charge in [-0.3, -0.25) is 9.59 Å². The fourth-order valence-corrected chi connectivity index (χ4v) is 4.71. The normalized spacial score (nSPS) is 15.0. The zero-order chi connectivity index (χ0) is 27.9. The lowest BCUT2D eigenvalue weighted by molar-refractivity contribution is -0.134. The molecule has 2 aromatic carbocycles. The number of fused-ring (bicyclic) bond motifs is 1. The Hall–Kier alpha value is -3.64. The topological polar surface area (TPSA) is 108 Å². The van der Waals surface area contributed by atoms with E-state index >= 15 is 0 Å². The van der Waals surface area contributed by atoms with Crippen molar-refractivity contribution in [2.45, 2.75) is 32.2 Å². The SMILES string of the molecule is C=CC(=O)Nc1cc2c(Nc3ccc(Br)c(F)c3F)ncnc2cc1OCCN(C(=O)CC)C1CCCNC1. The molecule has 3 aromatic rings. The van der Waals surface area contributed by atoms with Crippen LogP contribution in [0.4, 0.5) is 26.0 Å². The van der Waals surface area contributed by atoms with Crippen molar-refractivity contribution < 1.29 is 23.1 Å². The standard InChI is InChI=1S/C27H29BrF2N6O3/c1-3-23(37)34-21-12-17-20(32-15-33-27(17)35-19-8-7-18(28)25(29)26(19)30)13-22(21)39-11-10-36(24(38)4-2)16-6-5-9-31-14-16/h3,7-8,12-13,15-16,31H,1,4-6,9-11,14H2,2H3,(H,34,37)(H,32,33,35). The third-order valence-corrected chi connectivity index (χ3v) is 7.00. The number of carbonyl (C=O) groups is 2. The summed E-state index contributed by atoms with van der Waals surface area (Å²) in [6.07, 6.45) is 4.70. The predicted octanol–water partition coefficient (Wildman–Crippen LogP) is 4.91. The van der Waals surface area contributed by atoms with Gasteiger partial charge in [-0.05, 0) is 59.6 Å². The molecule has 0 bridgehead atoms. The van der Waals surface area contributed by atoms with Crippen molar-refractivity contribution >= 4 is 55.8 Å². The van der Waals surface area contributed by atoms with E-state index in [1.807, 2.05) is 11.8 Å². The Bertz CT molecular complexity index is 1380. The number of hydrogen-bond acceptors (Lipinski definition) is 7. The second-order valence-corrected chi connectivity index (χ2v) is 9.77. The Morgan fingerprint density at radius 3 is 2.79 bits per heavy atom. The van der Waals surface area contributed by atoms with Crippen molar-refractivity contribution in [2.75, 3.05) is 36.9 Å². The highest BCUT2D eigenvalue weighted by Crippen LogP contribution is 2.34. The Morgan fingerprint density at radius 2 is 2.08 bits per heavy atom. The van der Waals surface area contributed by atoms with Crippen molar-refractivity contribution in [1.29, 1.82) is 0 Å². The average molecular weight is 603 g/mol. The molecule has 4 rings (SSSR count). The first-order valence-corrected chi connectivity index (χ1v) is 13.4. The summed E-state index contributed by atoms with van der Waals surface area (Å²) in [6, 6.07) is 6.05. The Kier molecular flexibility index (Phi) is 9.41. The highest BCUT2D eigenvalue weighted by molar-refractivity contribution is 9.10. The number of nitrogens with one attached hydrogen (secondary N) is 3. The largest absolute Gasteiger partial charge is 0.489 e. The van der Waals surface area contributed by atoms with Crippen LogP contribution in [0.5, 0.6) is 5.75 Å². The summed E-state index contributed by atoms with van der Waals surface area (Å²) in [7, 11) is 0. The number of benzene rings is 2. The van der Waals surface area contributed by atoms with Gasteiger partial charge < -0.3 is 25.6 Å². The molecule has 206 valence electrons. The second-order valence-electron chi connectivity index (χ2n) is 8.92. The molecule has 0 saturated carbocycles. The van der Waals surface area contributed by atoms with Crippen molar-refractivity contribution in [3.05, 3.63) is 59.4 Å². The molecular weight excluding hydrogens is 574 g/mol. The highest BCUT2D eigenvalue weighted by atomic mass is 79.9. The van der Waals surface area contributed by atoms with Gasteiger partial charge in [0.15, 0.2) is 11.6 Å². The molecule has 1 aliphatic heterocycles. The van der Waals surface area contributed by atoms with E-state index in [0.29, 0.717) is 35.3 Å². The lowest BCUT2D eigenvalue weighted by Gasteiger charge is -2.34. The molecule has 1 atom stereocenters. The van der Waals surface area contributed by atoms with Gasteiger partial charge in [0, 0.05) is 30.5 Å². The molecule has 39 heavy (non-hydrogen) atoms. The molecule has 9 nitrogen and oxygen atoms in total. The lowest BCUT2D eigenvalue weighted by atomic mass is 10.1. The molecule has 1 unspecified atom stereocenters. The molecule has 12 heteroatoms. The quantitative estimate of drug-likeness (QED) is 0.223. The number of hydrogen-bond donors (Lipinski definition) is 3. The van der Waals surface area contributed by atoms with E-state index in [9.17, 15) is 18.4 Å². The van der Waals surface area contributed by atoms with Crippen LogP contribution in [0, 0.1) is 11.6 Å². The Morgan fingerprint density at radius 1 is 1.26 bits per heavy atom. The molecule has 2 heterocycles. The summed E-state index contributed by atoms with van der Waals surface area (Å²) in [6.45, 7) is 7.55. The van der Waals surface area contributed by atoms with Gasteiger partial charge in [0.2, 0.25) is 11.8 Å². The van der Waals surface area contributed by atoms with E-state index in [1.165, 1.54) is 18.5 Å². The van der Waals surface area contributed by atoms with Crippen molar-refractivity contribution in [2.24, 2.45) is 0 Å². The molecule has 1 saturated heterocycles.